The van der Waals surface area contributed by atoms with Crippen LogP contribution >= 0.6 is 0 Å². The van der Waals surface area contributed by atoms with Gasteiger partial charge in [0.25, 0.3) is 0 Å². The minimum Gasteiger partial charge on any atom is -0.387 e. The molecule has 2 fully saturated rings. The van der Waals surface area contributed by atoms with Gasteiger partial charge in [-0.15, -0.1) is 0 Å². The average Bonchev–Trinajstić information content (AvgIpc) is 2.28. The molecule has 1 heterocycles. The summed E-state index contributed by atoms with van der Waals surface area (Å²) in [5.41, 5.74) is -0.704. The quantitative estimate of drug-likeness (QED) is 0.800. The lowest BCUT2D eigenvalue weighted by molar-refractivity contribution is -0.138. The largest absolute Gasteiger partial charge is 0.387 e. The van der Waals surface area contributed by atoms with Gasteiger partial charge in [-0.05, 0) is 26.7 Å². The molecule has 1 atom stereocenters. The van der Waals surface area contributed by atoms with E-state index in [2.05, 4.69) is 19.2 Å². The van der Waals surface area contributed by atoms with Gasteiger partial charge in [-0.1, -0.05) is 19.3 Å². The molecule has 0 spiro atoms. The highest BCUT2D eigenvalue weighted by atomic mass is 16.6. The second kappa shape index (κ2) is 5.87. The van der Waals surface area contributed by atoms with Crippen molar-refractivity contribution in [3.05, 3.63) is 0 Å². The van der Waals surface area contributed by atoms with Crippen LogP contribution in [0.1, 0.15) is 46.0 Å². The Kier molecular flexibility index (Phi) is 4.64. The van der Waals surface area contributed by atoms with Crippen molar-refractivity contribution in [1.29, 1.82) is 0 Å². The summed E-state index contributed by atoms with van der Waals surface area (Å²) < 4.78 is 11.6. The van der Waals surface area contributed by atoms with E-state index < -0.39 is 5.60 Å². The van der Waals surface area contributed by atoms with Gasteiger partial charge >= 0.3 is 0 Å². The second-order valence-electron chi connectivity index (χ2n) is 6.43. The van der Waals surface area contributed by atoms with E-state index in [0.29, 0.717) is 13.2 Å². The molecule has 4 heteroatoms. The Labute approximate surface area is 110 Å². The van der Waals surface area contributed by atoms with E-state index in [1.807, 2.05) is 0 Å². The first-order chi connectivity index (χ1) is 8.49. The predicted octanol–water partition coefficient (Wildman–Crippen LogP) is 1.47. The first-order valence-corrected chi connectivity index (χ1v) is 7.18. The first-order valence-electron chi connectivity index (χ1n) is 7.18. The Balaban J connectivity index is 1.68. The van der Waals surface area contributed by atoms with Crippen molar-refractivity contribution < 1.29 is 14.6 Å². The van der Waals surface area contributed by atoms with E-state index >= 15 is 0 Å². The second-order valence-corrected chi connectivity index (χ2v) is 6.43. The number of morpholine rings is 1. The van der Waals surface area contributed by atoms with Crippen LogP contribution in [-0.2, 0) is 9.47 Å². The third kappa shape index (κ3) is 4.19. The molecule has 0 aromatic carbocycles. The van der Waals surface area contributed by atoms with Crippen molar-refractivity contribution in [1.82, 2.24) is 5.32 Å². The Morgan fingerprint density at radius 2 is 2.00 bits per heavy atom. The van der Waals surface area contributed by atoms with Crippen LogP contribution < -0.4 is 5.32 Å². The zero-order chi connectivity index (χ0) is 13.1. The molecule has 0 bridgehead atoms. The van der Waals surface area contributed by atoms with Crippen LogP contribution in [0, 0.1) is 0 Å². The van der Waals surface area contributed by atoms with Gasteiger partial charge in [0.1, 0.15) is 0 Å². The summed E-state index contributed by atoms with van der Waals surface area (Å²) in [7, 11) is 0. The molecule has 0 aromatic heterocycles. The Morgan fingerprint density at radius 1 is 1.28 bits per heavy atom. The molecular weight excluding hydrogens is 230 g/mol. The minimum atomic E-state index is -0.587. The predicted molar refractivity (Wildman–Crippen MR) is 70.7 cm³/mol. The van der Waals surface area contributed by atoms with Gasteiger partial charge in [-0.2, -0.15) is 0 Å². The monoisotopic (exact) mass is 257 g/mol. The molecule has 1 saturated carbocycles. The van der Waals surface area contributed by atoms with Crippen molar-refractivity contribution in [3.8, 4) is 0 Å². The normalized spacial score (nSPS) is 31.2. The molecule has 4 nitrogen and oxygen atoms in total. The summed E-state index contributed by atoms with van der Waals surface area (Å²) in [5.74, 6) is 0. The molecule has 1 saturated heterocycles. The maximum Gasteiger partial charge on any atom is 0.0940 e. The fourth-order valence-electron chi connectivity index (χ4n) is 2.90. The van der Waals surface area contributed by atoms with Gasteiger partial charge in [0.05, 0.1) is 30.5 Å². The topological polar surface area (TPSA) is 50.7 Å². The molecule has 18 heavy (non-hydrogen) atoms. The standard InChI is InChI=1S/C14H27NO3/c1-13(2)10-15-8-12(18-13)9-17-11-14(16)6-4-3-5-7-14/h12,15-16H,3-11H2,1-2H3. The molecule has 1 aliphatic carbocycles. The molecule has 106 valence electrons. The SMILES string of the molecule is CC1(C)CNCC(COCC2(O)CCCCC2)O1. The number of ether oxygens (including phenoxy) is 2. The Hall–Kier alpha value is -0.160. The lowest BCUT2D eigenvalue weighted by atomic mass is 9.86. The summed E-state index contributed by atoms with van der Waals surface area (Å²) in [6.07, 6.45) is 5.33. The highest BCUT2D eigenvalue weighted by molar-refractivity contribution is 4.83. The average molecular weight is 257 g/mol. The zero-order valence-corrected chi connectivity index (χ0v) is 11.7. The van der Waals surface area contributed by atoms with Gasteiger partial charge in [0.2, 0.25) is 0 Å². The molecule has 0 radical (unpaired) electrons. The van der Waals surface area contributed by atoms with Crippen LogP contribution in [0.4, 0.5) is 0 Å². The molecule has 1 unspecified atom stereocenters. The number of aliphatic hydroxyl groups is 1. The third-order valence-corrected chi connectivity index (χ3v) is 3.87. The minimum absolute atomic E-state index is 0.0981. The first kappa shape index (κ1) is 14.3. The lowest BCUT2D eigenvalue weighted by Gasteiger charge is -2.37. The molecule has 2 N–H and O–H groups in total. The van der Waals surface area contributed by atoms with Crippen LogP contribution in [0.5, 0.6) is 0 Å². The number of hydrogen-bond donors (Lipinski definition) is 2. The van der Waals surface area contributed by atoms with E-state index in [4.69, 9.17) is 9.47 Å². The van der Waals surface area contributed by atoms with Crippen molar-refractivity contribution in [2.45, 2.75) is 63.3 Å². The van der Waals surface area contributed by atoms with Crippen LogP contribution in [0.3, 0.4) is 0 Å². The molecular formula is C14H27NO3. The van der Waals surface area contributed by atoms with Crippen LogP contribution in [0.25, 0.3) is 0 Å². The highest BCUT2D eigenvalue weighted by Crippen LogP contribution is 2.28. The lowest BCUT2D eigenvalue weighted by Crippen LogP contribution is -2.52. The van der Waals surface area contributed by atoms with Crippen molar-refractivity contribution in [2.75, 3.05) is 26.3 Å². The van der Waals surface area contributed by atoms with Crippen LogP contribution in [-0.4, -0.2) is 48.7 Å². The Morgan fingerprint density at radius 3 is 2.67 bits per heavy atom. The molecule has 0 amide bonds. The maximum atomic E-state index is 10.3. The van der Waals surface area contributed by atoms with Gasteiger partial charge in [0.15, 0.2) is 0 Å². The summed E-state index contributed by atoms with van der Waals surface area (Å²) in [5, 5.41) is 13.7. The third-order valence-electron chi connectivity index (χ3n) is 3.87. The van der Waals surface area contributed by atoms with Gasteiger partial charge < -0.3 is 19.9 Å². The fraction of sp³-hybridized carbons (Fsp3) is 1.00. The van der Waals surface area contributed by atoms with Gasteiger partial charge in [-0.3, -0.25) is 0 Å². The molecule has 0 aromatic rings. The number of hydrogen-bond acceptors (Lipinski definition) is 4. The summed E-state index contributed by atoms with van der Waals surface area (Å²) >= 11 is 0. The van der Waals surface area contributed by atoms with E-state index in [1.54, 1.807) is 0 Å². The smallest absolute Gasteiger partial charge is 0.0940 e. The number of rotatable bonds is 4. The molecule has 2 aliphatic rings. The summed E-state index contributed by atoms with van der Waals surface area (Å²) in [6.45, 7) is 6.91. The maximum absolute atomic E-state index is 10.3. The van der Waals surface area contributed by atoms with Crippen molar-refractivity contribution in [3.63, 3.8) is 0 Å². The fourth-order valence-corrected chi connectivity index (χ4v) is 2.90. The van der Waals surface area contributed by atoms with Crippen LogP contribution in [0.2, 0.25) is 0 Å². The summed E-state index contributed by atoms with van der Waals surface area (Å²) in [6, 6.07) is 0. The summed E-state index contributed by atoms with van der Waals surface area (Å²) in [4.78, 5) is 0. The molecule has 1 aliphatic heterocycles. The number of nitrogens with one attached hydrogen (secondary N) is 1. The van der Waals surface area contributed by atoms with Crippen molar-refractivity contribution in [2.24, 2.45) is 0 Å². The van der Waals surface area contributed by atoms with Gasteiger partial charge in [-0.25, -0.2) is 0 Å². The zero-order valence-electron chi connectivity index (χ0n) is 11.7. The van der Waals surface area contributed by atoms with Crippen LogP contribution in [0.15, 0.2) is 0 Å². The van der Waals surface area contributed by atoms with Crippen molar-refractivity contribution >= 4 is 0 Å². The molecule has 2 rings (SSSR count). The van der Waals surface area contributed by atoms with Gasteiger partial charge in [0, 0.05) is 13.1 Å². The van der Waals surface area contributed by atoms with E-state index in [0.717, 1.165) is 38.8 Å². The van der Waals surface area contributed by atoms with E-state index in [9.17, 15) is 5.11 Å². The Bertz CT molecular complexity index is 262. The van der Waals surface area contributed by atoms with E-state index in [1.165, 1.54) is 6.42 Å². The highest BCUT2D eigenvalue weighted by Gasteiger charge is 2.31. The van der Waals surface area contributed by atoms with E-state index in [-0.39, 0.29) is 11.7 Å².